The number of piperidine rings is 1. The van der Waals surface area contributed by atoms with Gasteiger partial charge in [-0.05, 0) is 38.2 Å². The van der Waals surface area contributed by atoms with Crippen molar-refractivity contribution in [1.82, 2.24) is 5.32 Å². The molecule has 1 saturated heterocycles. The second-order valence-electron chi connectivity index (χ2n) is 5.38. The lowest BCUT2D eigenvalue weighted by Gasteiger charge is -2.35. The molecule has 1 aromatic rings. The van der Waals surface area contributed by atoms with Gasteiger partial charge in [0.1, 0.15) is 0 Å². The first-order valence-electron chi connectivity index (χ1n) is 6.75. The highest BCUT2D eigenvalue weighted by Crippen LogP contribution is 2.30. The van der Waals surface area contributed by atoms with E-state index in [0.29, 0.717) is 18.0 Å². The SMILES string of the molecule is C/C(=C\C[C@@H]1N[C@H](c2ccoc2)CC[C@H]1C)CO. The van der Waals surface area contributed by atoms with Gasteiger partial charge in [0.25, 0.3) is 0 Å². The number of aliphatic hydroxyl groups is 1. The smallest absolute Gasteiger partial charge is 0.0950 e. The Labute approximate surface area is 109 Å². The van der Waals surface area contributed by atoms with E-state index in [0.717, 1.165) is 12.0 Å². The number of rotatable bonds is 4. The largest absolute Gasteiger partial charge is 0.472 e. The van der Waals surface area contributed by atoms with Crippen molar-refractivity contribution >= 4 is 0 Å². The van der Waals surface area contributed by atoms with Gasteiger partial charge in [-0.3, -0.25) is 0 Å². The van der Waals surface area contributed by atoms with Gasteiger partial charge in [0.2, 0.25) is 0 Å². The molecule has 0 bridgehead atoms. The van der Waals surface area contributed by atoms with E-state index in [4.69, 9.17) is 9.52 Å². The van der Waals surface area contributed by atoms with Crippen molar-refractivity contribution in [2.75, 3.05) is 6.61 Å². The van der Waals surface area contributed by atoms with E-state index < -0.39 is 0 Å². The summed E-state index contributed by atoms with van der Waals surface area (Å²) in [5, 5.41) is 12.7. The normalized spacial score (nSPS) is 29.5. The molecule has 2 rings (SSSR count). The molecule has 0 saturated carbocycles. The molecular formula is C15H23NO2. The Morgan fingerprint density at radius 3 is 3.06 bits per heavy atom. The summed E-state index contributed by atoms with van der Waals surface area (Å²) in [6.07, 6.45) is 9.10. The van der Waals surface area contributed by atoms with Gasteiger partial charge in [0.05, 0.1) is 19.1 Å². The van der Waals surface area contributed by atoms with Crippen LogP contribution >= 0.6 is 0 Å². The summed E-state index contributed by atoms with van der Waals surface area (Å²) in [5.41, 5.74) is 2.30. The van der Waals surface area contributed by atoms with E-state index in [9.17, 15) is 0 Å². The van der Waals surface area contributed by atoms with Crippen LogP contribution in [0.5, 0.6) is 0 Å². The van der Waals surface area contributed by atoms with E-state index in [2.05, 4.69) is 18.3 Å². The lowest BCUT2D eigenvalue weighted by molar-refractivity contribution is 0.246. The maximum Gasteiger partial charge on any atom is 0.0950 e. The monoisotopic (exact) mass is 249 g/mol. The predicted molar refractivity (Wildman–Crippen MR) is 72.2 cm³/mol. The van der Waals surface area contributed by atoms with Gasteiger partial charge in [0.15, 0.2) is 0 Å². The van der Waals surface area contributed by atoms with Gasteiger partial charge in [-0.1, -0.05) is 18.6 Å². The molecular weight excluding hydrogens is 226 g/mol. The van der Waals surface area contributed by atoms with Crippen LogP contribution in [-0.4, -0.2) is 17.8 Å². The molecule has 1 aromatic heterocycles. The van der Waals surface area contributed by atoms with Crippen LogP contribution in [0, 0.1) is 5.92 Å². The van der Waals surface area contributed by atoms with Crippen LogP contribution in [0.15, 0.2) is 34.7 Å². The van der Waals surface area contributed by atoms with Crippen LogP contribution in [0.3, 0.4) is 0 Å². The molecule has 0 amide bonds. The number of hydrogen-bond acceptors (Lipinski definition) is 3. The Bertz CT molecular complexity index is 383. The minimum absolute atomic E-state index is 0.159. The van der Waals surface area contributed by atoms with E-state index in [1.807, 2.05) is 19.3 Å². The Hall–Kier alpha value is -1.06. The lowest BCUT2D eigenvalue weighted by Crippen LogP contribution is -2.41. The fourth-order valence-corrected chi connectivity index (χ4v) is 2.57. The van der Waals surface area contributed by atoms with Gasteiger partial charge in [-0.25, -0.2) is 0 Å². The molecule has 0 unspecified atom stereocenters. The Balaban J connectivity index is 1.97. The van der Waals surface area contributed by atoms with Crippen molar-refractivity contribution in [2.24, 2.45) is 5.92 Å². The lowest BCUT2D eigenvalue weighted by atomic mass is 9.85. The summed E-state index contributed by atoms with van der Waals surface area (Å²) in [5.74, 6) is 0.677. The molecule has 0 aromatic carbocycles. The van der Waals surface area contributed by atoms with Crippen LogP contribution < -0.4 is 5.32 Å². The highest BCUT2D eigenvalue weighted by molar-refractivity contribution is 5.13. The fraction of sp³-hybridized carbons (Fsp3) is 0.600. The second-order valence-corrected chi connectivity index (χ2v) is 5.38. The third-order valence-corrected chi connectivity index (χ3v) is 3.93. The highest BCUT2D eigenvalue weighted by atomic mass is 16.3. The minimum Gasteiger partial charge on any atom is -0.472 e. The van der Waals surface area contributed by atoms with Crippen LogP contribution in [0.1, 0.15) is 44.7 Å². The predicted octanol–water partition coefficient (Wildman–Crippen LogP) is 3.04. The summed E-state index contributed by atoms with van der Waals surface area (Å²) in [7, 11) is 0. The van der Waals surface area contributed by atoms with Crippen molar-refractivity contribution in [3.05, 3.63) is 35.8 Å². The zero-order valence-electron chi connectivity index (χ0n) is 11.2. The topological polar surface area (TPSA) is 45.4 Å². The van der Waals surface area contributed by atoms with Crippen LogP contribution in [0.25, 0.3) is 0 Å². The van der Waals surface area contributed by atoms with Crippen molar-refractivity contribution in [1.29, 1.82) is 0 Å². The van der Waals surface area contributed by atoms with Crippen LogP contribution in [0.4, 0.5) is 0 Å². The molecule has 3 heteroatoms. The standard InChI is InChI=1S/C15H23NO2/c1-11(9-17)3-5-14-12(2)4-6-15(16-14)13-7-8-18-10-13/h3,7-8,10,12,14-17H,4-6,9H2,1-2H3/b11-3+/t12-,14+,15+/m1/s1. The molecule has 1 aliphatic rings. The molecule has 0 aliphatic carbocycles. The molecule has 3 nitrogen and oxygen atoms in total. The second kappa shape index (κ2) is 6.21. The maximum atomic E-state index is 9.03. The summed E-state index contributed by atoms with van der Waals surface area (Å²) in [6, 6.07) is 2.94. The van der Waals surface area contributed by atoms with Gasteiger partial charge >= 0.3 is 0 Å². The zero-order valence-corrected chi connectivity index (χ0v) is 11.2. The van der Waals surface area contributed by atoms with Crippen molar-refractivity contribution < 1.29 is 9.52 Å². The van der Waals surface area contributed by atoms with Gasteiger partial charge in [-0.2, -0.15) is 0 Å². The first-order chi connectivity index (χ1) is 8.70. The molecule has 0 radical (unpaired) electrons. The van der Waals surface area contributed by atoms with Crippen molar-refractivity contribution in [2.45, 2.75) is 45.2 Å². The third kappa shape index (κ3) is 3.24. The van der Waals surface area contributed by atoms with E-state index in [1.165, 1.54) is 18.4 Å². The molecule has 0 spiro atoms. The average Bonchev–Trinajstić information content (AvgIpc) is 2.91. The number of furan rings is 1. The van der Waals surface area contributed by atoms with Crippen molar-refractivity contribution in [3.63, 3.8) is 0 Å². The molecule has 2 heterocycles. The first kappa shape index (κ1) is 13.4. The number of nitrogens with one attached hydrogen (secondary N) is 1. The summed E-state index contributed by atoms with van der Waals surface area (Å²) in [6.45, 7) is 4.43. The Morgan fingerprint density at radius 2 is 2.39 bits per heavy atom. The third-order valence-electron chi connectivity index (χ3n) is 3.93. The van der Waals surface area contributed by atoms with Gasteiger partial charge < -0.3 is 14.8 Å². The van der Waals surface area contributed by atoms with Gasteiger partial charge in [0, 0.05) is 17.6 Å². The molecule has 3 atom stereocenters. The van der Waals surface area contributed by atoms with Crippen LogP contribution in [-0.2, 0) is 0 Å². The van der Waals surface area contributed by atoms with Crippen LogP contribution in [0.2, 0.25) is 0 Å². The summed E-state index contributed by atoms with van der Waals surface area (Å²) in [4.78, 5) is 0. The zero-order chi connectivity index (χ0) is 13.0. The number of aliphatic hydroxyl groups excluding tert-OH is 1. The maximum absolute atomic E-state index is 9.03. The first-order valence-corrected chi connectivity index (χ1v) is 6.75. The molecule has 1 aliphatic heterocycles. The quantitative estimate of drug-likeness (QED) is 0.806. The van der Waals surface area contributed by atoms with E-state index in [1.54, 1.807) is 6.26 Å². The fourth-order valence-electron chi connectivity index (χ4n) is 2.57. The minimum atomic E-state index is 0.159. The number of hydrogen-bond donors (Lipinski definition) is 2. The Morgan fingerprint density at radius 1 is 1.56 bits per heavy atom. The summed E-state index contributed by atoms with van der Waals surface area (Å²) >= 11 is 0. The molecule has 18 heavy (non-hydrogen) atoms. The molecule has 100 valence electrons. The average molecular weight is 249 g/mol. The highest BCUT2D eigenvalue weighted by Gasteiger charge is 2.27. The van der Waals surface area contributed by atoms with E-state index >= 15 is 0 Å². The van der Waals surface area contributed by atoms with Gasteiger partial charge in [-0.15, -0.1) is 0 Å². The van der Waals surface area contributed by atoms with Crippen molar-refractivity contribution in [3.8, 4) is 0 Å². The molecule has 1 fully saturated rings. The van der Waals surface area contributed by atoms with E-state index in [-0.39, 0.29) is 6.61 Å². The summed E-state index contributed by atoms with van der Waals surface area (Å²) < 4.78 is 5.16. The molecule has 2 N–H and O–H groups in total. The Kier molecular flexibility index (Phi) is 4.61.